The highest BCUT2D eigenvalue weighted by Crippen LogP contribution is 2.36. The van der Waals surface area contributed by atoms with E-state index in [1.807, 2.05) is 19.9 Å². The first-order valence-corrected chi connectivity index (χ1v) is 8.46. The zero-order valence-electron chi connectivity index (χ0n) is 13.7. The van der Waals surface area contributed by atoms with Gasteiger partial charge in [0, 0.05) is 15.4 Å². The van der Waals surface area contributed by atoms with Crippen molar-refractivity contribution in [3.05, 3.63) is 52.5 Å². The second-order valence-corrected chi connectivity index (χ2v) is 6.62. The largest absolute Gasteiger partial charge is 0.493 e. The number of fused-ring (bicyclic) bond motifs is 1. The Labute approximate surface area is 152 Å². The first-order chi connectivity index (χ1) is 11.9. The van der Waals surface area contributed by atoms with Gasteiger partial charge in [0.2, 0.25) is 5.88 Å². The molecule has 0 fully saturated rings. The Kier molecular flexibility index (Phi) is 4.85. The quantitative estimate of drug-likeness (QED) is 0.577. The van der Waals surface area contributed by atoms with Crippen molar-refractivity contribution in [3.8, 4) is 11.6 Å². The van der Waals surface area contributed by atoms with Gasteiger partial charge in [0.15, 0.2) is 5.69 Å². The van der Waals surface area contributed by atoms with Crippen LogP contribution in [-0.4, -0.2) is 22.1 Å². The van der Waals surface area contributed by atoms with E-state index in [4.69, 9.17) is 4.74 Å². The lowest BCUT2D eigenvalue weighted by molar-refractivity contribution is 0.0995. The summed E-state index contributed by atoms with van der Waals surface area (Å²) >= 11 is 3.37. The minimum atomic E-state index is -0.500. The maximum atomic E-state index is 12.2. The molecule has 128 valence electrons. The molecule has 2 aromatic carbocycles. The number of carbonyl (C=O) groups is 1. The summed E-state index contributed by atoms with van der Waals surface area (Å²) in [6.45, 7) is 3.86. The summed E-state index contributed by atoms with van der Waals surface area (Å²) < 4.78 is 6.37. The van der Waals surface area contributed by atoms with Crippen molar-refractivity contribution in [2.45, 2.75) is 20.0 Å². The van der Waals surface area contributed by atoms with Crippen molar-refractivity contribution < 1.29 is 14.6 Å². The fourth-order valence-corrected chi connectivity index (χ4v) is 2.70. The molecule has 7 heteroatoms. The van der Waals surface area contributed by atoms with Crippen LogP contribution >= 0.6 is 15.9 Å². The molecule has 0 aliphatic heterocycles. The molecule has 0 bridgehead atoms. The number of azo groups is 1. The number of aromatic nitrogens is 1. The summed E-state index contributed by atoms with van der Waals surface area (Å²) in [5.74, 6) is 0.0489. The van der Waals surface area contributed by atoms with E-state index in [-0.39, 0.29) is 17.7 Å². The molecule has 1 aromatic heterocycles. The van der Waals surface area contributed by atoms with Gasteiger partial charge >= 0.3 is 0 Å². The number of ether oxygens (including phenoxy) is 1. The van der Waals surface area contributed by atoms with Gasteiger partial charge in [-0.2, -0.15) is 0 Å². The summed E-state index contributed by atoms with van der Waals surface area (Å²) in [6.07, 6.45) is 0.0606. The minimum absolute atomic E-state index is 0.0606. The second-order valence-electron chi connectivity index (χ2n) is 5.71. The number of carbonyl (C=O) groups excluding carboxylic acids is 1. The van der Waals surface area contributed by atoms with Crippen LogP contribution in [0.5, 0.6) is 11.6 Å². The summed E-state index contributed by atoms with van der Waals surface area (Å²) in [4.78, 5) is 15.0. The number of aromatic amines is 1. The Balaban J connectivity index is 1.83. The normalized spacial score (nSPS) is 11.5. The number of rotatable bonds is 4. The number of benzene rings is 2. The number of nitrogens with one attached hydrogen (secondary N) is 1. The number of aromatic hydroxyl groups is 1. The highest BCUT2D eigenvalue weighted by atomic mass is 79.9. The van der Waals surface area contributed by atoms with Gasteiger partial charge in [0.25, 0.3) is 5.91 Å². The van der Waals surface area contributed by atoms with Gasteiger partial charge in [-0.25, -0.2) is 0 Å². The molecule has 0 aliphatic rings. The van der Waals surface area contributed by atoms with Crippen LogP contribution in [0, 0.1) is 0 Å². The average Bonchev–Trinajstić information content (AvgIpc) is 2.87. The monoisotopic (exact) mass is 401 g/mol. The predicted molar refractivity (Wildman–Crippen MR) is 98.7 cm³/mol. The first kappa shape index (κ1) is 17.2. The highest BCUT2D eigenvalue weighted by Gasteiger charge is 2.12. The SMILES string of the molecule is CC(C)Oc1ccc(C(=O)N=Nc2c(O)[nH]c3ccc(Br)cc23)cc1. The molecule has 0 unspecified atom stereocenters. The molecule has 1 amide bonds. The smallest absolute Gasteiger partial charge is 0.295 e. The maximum absolute atomic E-state index is 12.2. The van der Waals surface area contributed by atoms with Crippen LogP contribution in [0.25, 0.3) is 10.9 Å². The van der Waals surface area contributed by atoms with E-state index in [1.54, 1.807) is 36.4 Å². The van der Waals surface area contributed by atoms with E-state index in [2.05, 4.69) is 31.1 Å². The molecule has 6 nitrogen and oxygen atoms in total. The Morgan fingerprint density at radius 3 is 2.60 bits per heavy atom. The second kappa shape index (κ2) is 7.06. The van der Waals surface area contributed by atoms with Crippen LogP contribution in [0.3, 0.4) is 0 Å². The molecule has 1 heterocycles. The summed E-state index contributed by atoms with van der Waals surface area (Å²) in [7, 11) is 0. The summed E-state index contributed by atoms with van der Waals surface area (Å²) in [5.41, 5.74) is 1.32. The average molecular weight is 402 g/mol. The van der Waals surface area contributed by atoms with Gasteiger partial charge < -0.3 is 14.8 Å². The van der Waals surface area contributed by atoms with Crippen LogP contribution in [0.1, 0.15) is 24.2 Å². The standard InChI is InChI=1S/C18H16BrN3O3/c1-10(2)25-13-6-3-11(4-7-13)17(23)22-21-16-14-9-12(19)5-8-15(14)20-18(16)24/h3-10,20,24H,1-2H3. The molecule has 3 aromatic rings. The van der Waals surface area contributed by atoms with Gasteiger partial charge in [-0.15, -0.1) is 10.2 Å². The van der Waals surface area contributed by atoms with Crippen molar-refractivity contribution in [1.82, 2.24) is 4.98 Å². The Bertz CT molecular complexity index is 946. The zero-order chi connectivity index (χ0) is 18.0. The molecule has 0 atom stereocenters. The van der Waals surface area contributed by atoms with E-state index < -0.39 is 5.91 Å². The molecular formula is C18H16BrN3O3. The molecule has 0 aliphatic carbocycles. The number of hydrogen-bond donors (Lipinski definition) is 2. The maximum Gasteiger partial charge on any atom is 0.295 e. The van der Waals surface area contributed by atoms with Gasteiger partial charge in [-0.3, -0.25) is 4.79 Å². The van der Waals surface area contributed by atoms with E-state index >= 15 is 0 Å². The fraction of sp³-hybridized carbons (Fsp3) is 0.167. The third kappa shape index (κ3) is 3.88. The van der Waals surface area contributed by atoms with Gasteiger partial charge in [0.05, 0.1) is 11.6 Å². The van der Waals surface area contributed by atoms with Crippen LogP contribution in [0.4, 0.5) is 5.69 Å². The molecule has 2 N–H and O–H groups in total. The van der Waals surface area contributed by atoms with E-state index in [0.29, 0.717) is 22.2 Å². The van der Waals surface area contributed by atoms with Gasteiger partial charge in [0.1, 0.15) is 5.75 Å². The van der Waals surface area contributed by atoms with Crippen LogP contribution in [0.2, 0.25) is 0 Å². The third-order valence-electron chi connectivity index (χ3n) is 3.43. The predicted octanol–water partition coefficient (Wildman–Crippen LogP) is 5.35. The first-order valence-electron chi connectivity index (χ1n) is 7.67. The Morgan fingerprint density at radius 2 is 1.92 bits per heavy atom. The number of hydrogen-bond acceptors (Lipinski definition) is 4. The van der Waals surface area contributed by atoms with Gasteiger partial charge in [-0.05, 0) is 56.3 Å². The molecule has 3 rings (SSSR count). The lowest BCUT2D eigenvalue weighted by Gasteiger charge is -2.09. The molecule has 25 heavy (non-hydrogen) atoms. The topological polar surface area (TPSA) is 87.0 Å². The lowest BCUT2D eigenvalue weighted by atomic mass is 10.2. The lowest BCUT2D eigenvalue weighted by Crippen LogP contribution is -2.05. The third-order valence-corrected chi connectivity index (χ3v) is 3.92. The summed E-state index contributed by atoms with van der Waals surface area (Å²) in [5, 5.41) is 18.3. The summed E-state index contributed by atoms with van der Waals surface area (Å²) in [6, 6.07) is 12.1. The molecule has 0 saturated heterocycles. The Morgan fingerprint density at radius 1 is 1.20 bits per heavy atom. The molecule has 0 radical (unpaired) electrons. The number of amides is 1. The molecule has 0 saturated carbocycles. The van der Waals surface area contributed by atoms with Crippen molar-refractivity contribution in [1.29, 1.82) is 0 Å². The van der Waals surface area contributed by atoms with Crippen LogP contribution < -0.4 is 4.74 Å². The number of H-pyrrole nitrogens is 1. The van der Waals surface area contributed by atoms with Crippen molar-refractivity contribution in [2.75, 3.05) is 0 Å². The van der Waals surface area contributed by atoms with E-state index in [1.165, 1.54) is 0 Å². The molecule has 0 spiro atoms. The van der Waals surface area contributed by atoms with Crippen molar-refractivity contribution >= 4 is 38.4 Å². The Hall–Kier alpha value is -2.67. The minimum Gasteiger partial charge on any atom is -0.493 e. The van der Waals surface area contributed by atoms with Crippen molar-refractivity contribution in [3.63, 3.8) is 0 Å². The van der Waals surface area contributed by atoms with E-state index in [9.17, 15) is 9.90 Å². The zero-order valence-corrected chi connectivity index (χ0v) is 15.2. The van der Waals surface area contributed by atoms with Crippen LogP contribution in [-0.2, 0) is 0 Å². The number of nitrogens with zero attached hydrogens (tertiary/aromatic N) is 2. The number of halogens is 1. The fourth-order valence-electron chi connectivity index (χ4n) is 2.34. The van der Waals surface area contributed by atoms with Gasteiger partial charge in [-0.1, -0.05) is 15.9 Å². The van der Waals surface area contributed by atoms with Crippen molar-refractivity contribution in [2.24, 2.45) is 10.2 Å². The van der Waals surface area contributed by atoms with E-state index in [0.717, 1.165) is 4.47 Å². The van der Waals surface area contributed by atoms with Crippen LogP contribution in [0.15, 0.2) is 57.2 Å². The molecular weight excluding hydrogens is 386 g/mol. The highest BCUT2D eigenvalue weighted by molar-refractivity contribution is 9.10.